The van der Waals surface area contributed by atoms with Crippen molar-refractivity contribution in [3.63, 3.8) is 0 Å². The predicted octanol–water partition coefficient (Wildman–Crippen LogP) is 3.35. The highest BCUT2D eigenvalue weighted by Crippen LogP contribution is 2.12. The van der Waals surface area contributed by atoms with Gasteiger partial charge in [-0.05, 0) is 42.8 Å². The van der Waals surface area contributed by atoms with Crippen molar-refractivity contribution in [2.24, 2.45) is 0 Å². The van der Waals surface area contributed by atoms with E-state index in [1.54, 1.807) is 24.3 Å². The maximum Gasteiger partial charge on any atom is 0.240 e. The molecule has 0 fully saturated rings. The van der Waals surface area contributed by atoms with Gasteiger partial charge in [-0.3, -0.25) is 0 Å². The van der Waals surface area contributed by atoms with Crippen molar-refractivity contribution < 1.29 is 8.42 Å². The van der Waals surface area contributed by atoms with Gasteiger partial charge in [0.2, 0.25) is 10.0 Å². The summed E-state index contributed by atoms with van der Waals surface area (Å²) in [5, 5.41) is 0. The van der Waals surface area contributed by atoms with E-state index in [-0.39, 0.29) is 0 Å². The fourth-order valence-corrected chi connectivity index (χ4v) is 2.80. The second-order valence-corrected chi connectivity index (χ2v) is 7.07. The molecule has 0 atom stereocenters. The van der Waals surface area contributed by atoms with Gasteiger partial charge in [-0.15, -0.1) is 0 Å². The van der Waals surface area contributed by atoms with E-state index in [4.69, 9.17) is 0 Å². The lowest BCUT2D eigenvalue weighted by Gasteiger charge is -2.06. The van der Waals surface area contributed by atoms with Crippen LogP contribution < -0.4 is 4.72 Å². The van der Waals surface area contributed by atoms with Crippen molar-refractivity contribution in [3.05, 3.63) is 40.9 Å². The average Bonchev–Trinajstić information content (AvgIpc) is 2.28. The molecule has 5 heteroatoms. The summed E-state index contributed by atoms with van der Waals surface area (Å²) in [5.41, 5.74) is 1.05. The van der Waals surface area contributed by atoms with Crippen LogP contribution in [0.4, 0.5) is 0 Å². The third kappa shape index (κ3) is 5.33. The molecule has 0 saturated heterocycles. The number of hydrogen-bond acceptors (Lipinski definition) is 2. The van der Waals surface area contributed by atoms with E-state index in [9.17, 15) is 8.42 Å². The Labute approximate surface area is 117 Å². The Hall–Kier alpha value is -0.650. The number of allylic oxidation sites excluding steroid dienone is 1. The molecule has 3 nitrogen and oxygen atoms in total. The van der Waals surface area contributed by atoms with Gasteiger partial charge in [-0.1, -0.05) is 40.2 Å². The largest absolute Gasteiger partial charge is 0.240 e. The smallest absolute Gasteiger partial charge is 0.211 e. The first kappa shape index (κ1) is 15.4. The van der Waals surface area contributed by atoms with Crippen LogP contribution in [0.25, 0.3) is 0 Å². The zero-order valence-corrected chi connectivity index (χ0v) is 12.9. The molecule has 0 amide bonds. The van der Waals surface area contributed by atoms with E-state index in [1.807, 2.05) is 6.92 Å². The van der Waals surface area contributed by atoms with Gasteiger partial charge >= 0.3 is 0 Å². The van der Waals surface area contributed by atoms with E-state index in [2.05, 4.69) is 27.2 Å². The Bertz CT molecular complexity index is 494. The molecule has 1 N–H and O–H groups in total. The number of halogens is 1. The first-order valence-corrected chi connectivity index (χ1v) is 8.09. The summed E-state index contributed by atoms with van der Waals surface area (Å²) in [7, 11) is -3.36. The Morgan fingerprint density at radius 1 is 1.28 bits per heavy atom. The highest BCUT2D eigenvalue weighted by Gasteiger charge is 2.12. The minimum atomic E-state index is -3.36. The summed E-state index contributed by atoms with van der Waals surface area (Å²) in [5.74, 6) is 0. The molecule has 1 aromatic rings. The zero-order chi connectivity index (χ0) is 13.6. The third-order valence-corrected chi connectivity index (χ3v) is 4.37. The van der Waals surface area contributed by atoms with Crippen molar-refractivity contribution in [3.8, 4) is 0 Å². The molecule has 0 aliphatic heterocycles. The van der Waals surface area contributed by atoms with Crippen LogP contribution in [-0.2, 0) is 10.0 Å². The molecule has 0 spiro atoms. The maximum absolute atomic E-state index is 11.9. The molecular weight excluding hydrogens is 314 g/mol. The van der Waals surface area contributed by atoms with Crippen LogP contribution in [0.2, 0.25) is 0 Å². The molecule has 1 rings (SSSR count). The molecular formula is C13H18BrNO2S. The monoisotopic (exact) mass is 331 g/mol. The van der Waals surface area contributed by atoms with E-state index >= 15 is 0 Å². The predicted molar refractivity (Wildman–Crippen MR) is 78.3 cm³/mol. The van der Waals surface area contributed by atoms with Gasteiger partial charge in [-0.2, -0.15) is 0 Å². The van der Waals surface area contributed by atoms with Gasteiger partial charge in [0.05, 0.1) is 4.90 Å². The fraction of sp³-hybridized carbons (Fsp3) is 0.385. The molecule has 0 unspecified atom stereocenters. The van der Waals surface area contributed by atoms with E-state index in [1.165, 1.54) is 0 Å². The number of benzene rings is 1. The maximum atomic E-state index is 11.9. The van der Waals surface area contributed by atoms with E-state index in [0.717, 1.165) is 29.3 Å². The van der Waals surface area contributed by atoms with Gasteiger partial charge in [0.1, 0.15) is 0 Å². The number of nitrogens with one attached hydrogen (secondary N) is 1. The van der Waals surface area contributed by atoms with Gasteiger partial charge in [0.15, 0.2) is 0 Å². The number of aryl methyl sites for hydroxylation is 1. The fourth-order valence-electron chi connectivity index (χ4n) is 1.45. The lowest BCUT2D eigenvalue weighted by Crippen LogP contribution is -2.24. The summed E-state index contributed by atoms with van der Waals surface area (Å²) in [6.45, 7) is 6.12. The molecule has 0 aliphatic rings. The average molecular weight is 332 g/mol. The Balaban J connectivity index is 2.45. The molecule has 0 aromatic heterocycles. The van der Waals surface area contributed by atoms with Crippen molar-refractivity contribution >= 4 is 26.0 Å². The minimum Gasteiger partial charge on any atom is -0.211 e. The summed E-state index contributed by atoms with van der Waals surface area (Å²) < 4.78 is 27.3. The standard InChI is InChI=1S/C13H18BrNO2S/c1-11-6-8-13(9-7-11)18(16,17)15-10-4-3-5-12(2)14/h6-9,15H,2-5,10H2,1H3. The van der Waals surface area contributed by atoms with Crippen LogP contribution in [0.5, 0.6) is 0 Å². The number of rotatable bonds is 7. The third-order valence-electron chi connectivity index (χ3n) is 2.50. The van der Waals surface area contributed by atoms with Crippen LogP contribution in [0.15, 0.2) is 40.2 Å². The summed E-state index contributed by atoms with van der Waals surface area (Å²) in [4.78, 5) is 0.318. The molecule has 100 valence electrons. The summed E-state index contributed by atoms with van der Waals surface area (Å²) in [6.07, 6.45) is 2.59. The lowest BCUT2D eigenvalue weighted by atomic mass is 10.2. The van der Waals surface area contributed by atoms with Crippen molar-refractivity contribution in [1.29, 1.82) is 0 Å². The molecule has 0 heterocycles. The van der Waals surface area contributed by atoms with Crippen molar-refractivity contribution in [2.45, 2.75) is 31.1 Å². The van der Waals surface area contributed by atoms with E-state index in [0.29, 0.717) is 11.4 Å². The number of hydrogen-bond donors (Lipinski definition) is 1. The van der Waals surface area contributed by atoms with Crippen LogP contribution in [0.1, 0.15) is 24.8 Å². The molecule has 0 aliphatic carbocycles. The minimum absolute atomic E-state index is 0.318. The second kappa shape index (κ2) is 7.07. The SMILES string of the molecule is C=C(Br)CCCCNS(=O)(=O)c1ccc(C)cc1. The molecule has 18 heavy (non-hydrogen) atoms. The van der Waals surface area contributed by atoms with Gasteiger partial charge in [0.25, 0.3) is 0 Å². The second-order valence-electron chi connectivity index (χ2n) is 4.19. The van der Waals surface area contributed by atoms with Crippen LogP contribution in [-0.4, -0.2) is 15.0 Å². The highest BCUT2D eigenvalue weighted by atomic mass is 79.9. The van der Waals surface area contributed by atoms with Gasteiger partial charge in [-0.25, -0.2) is 13.1 Å². The lowest BCUT2D eigenvalue weighted by molar-refractivity contribution is 0.577. The van der Waals surface area contributed by atoms with Gasteiger partial charge in [0, 0.05) is 6.54 Å². The number of unbranched alkanes of at least 4 members (excludes halogenated alkanes) is 1. The Kier molecular flexibility index (Phi) is 6.05. The Morgan fingerprint density at radius 3 is 2.44 bits per heavy atom. The molecule has 0 saturated carbocycles. The molecule has 1 aromatic carbocycles. The molecule has 0 radical (unpaired) electrons. The van der Waals surface area contributed by atoms with Crippen molar-refractivity contribution in [1.82, 2.24) is 4.72 Å². The first-order valence-electron chi connectivity index (χ1n) is 5.81. The summed E-state index contributed by atoms with van der Waals surface area (Å²) in [6, 6.07) is 6.84. The summed E-state index contributed by atoms with van der Waals surface area (Å²) >= 11 is 3.28. The normalized spacial score (nSPS) is 11.4. The first-order chi connectivity index (χ1) is 8.42. The molecule has 0 bridgehead atoms. The van der Waals surface area contributed by atoms with Crippen molar-refractivity contribution in [2.75, 3.05) is 6.54 Å². The van der Waals surface area contributed by atoms with Crippen LogP contribution in [0, 0.1) is 6.92 Å². The van der Waals surface area contributed by atoms with Crippen LogP contribution in [0.3, 0.4) is 0 Å². The Morgan fingerprint density at radius 2 is 1.89 bits per heavy atom. The number of sulfonamides is 1. The van der Waals surface area contributed by atoms with E-state index < -0.39 is 10.0 Å². The zero-order valence-electron chi connectivity index (χ0n) is 10.4. The van der Waals surface area contributed by atoms with Gasteiger partial charge < -0.3 is 0 Å². The highest BCUT2D eigenvalue weighted by molar-refractivity contribution is 9.11. The quantitative estimate of drug-likeness (QED) is 0.779. The van der Waals surface area contributed by atoms with Crippen LogP contribution >= 0.6 is 15.9 Å². The topological polar surface area (TPSA) is 46.2 Å².